The van der Waals surface area contributed by atoms with Crippen LogP contribution in [0.3, 0.4) is 0 Å². The van der Waals surface area contributed by atoms with Gasteiger partial charge in [-0.1, -0.05) is 6.92 Å². The average Bonchev–Trinajstić information content (AvgIpc) is 2.78. The first-order valence-corrected chi connectivity index (χ1v) is 6.24. The molecule has 2 atom stereocenters. The van der Waals surface area contributed by atoms with E-state index in [0.29, 0.717) is 0 Å². The van der Waals surface area contributed by atoms with Gasteiger partial charge in [-0.3, -0.25) is 4.79 Å². The standard InChI is InChI=1S/C12H24N2O2/c1-4-14(9-11-6-5-7-16-11)12(15)10(2)8-13-3/h10-11,13H,4-9H2,1-3H3. The van der Waals surface area contributed by atoms with E-state index in [2.05, 4.69) is 5.32 Å². The molecular weight excluding hydrogens is 204 g/mol. The zero-order valence-corrected chi connectivity index (χ0v) is 10.7. The van der Waals surface area contributed by atoms with Gasteiger partial charge in [-0.05, 0) is 26.8 Å². The van der Waals surface area contributed by atoms with E-state index < -0.39 is 0 Å². The average molecular weight is 228 g/mol. The summed E-state index contributed by atoms with van der Waals surface area (Å²) in [5.74, 6) is 0.277. The third-order valence-electron chi connectivity index (χ3n) is 3.07. The van der Waals surface area contributed by atoms with E-state index in [-0.39, 0.29) is 17.9 Å². The van der Waals surface area contributed by atoms with Gasteiger partial charge in [0.15, 0.2) is 0 Å². The van der Waals surface area contributed by atoms with Gasteiger partial charge in [0.25, 0.3) is 0 Å². The number of carbonyl (C=O) groups excluding carboxylic acids is 1. The van der Waals surface area contributed by atoms with E-state index >= 15 is 0 Å². The van der Waals surface area contributed by atoms with Gasteiger partial charge in [0.05, 0.1) is 6.10 Å². The summed E-state index contributed by atoms with van der Waals surface area (Å²) in [5.41, 5.74) is 0. The van der Waals surface area contributed by atoms with Crippen molar-refractivity contribution in [3.05, 3.63) is 0 Å². The van der Waals surface area contributed by atoms with Gasteiger partial charge in [0, 0.05) is 32.2 Å². The summed E-state index contributed by atoms with van der Waals surface area (Å²) in [6.07, 6.45) is 2.47. The number of nitrogens with zero attached hydrogens (tertiary/aromatic N) is 1. The van der Waals surface area contributed by atoms with Crippen LogP contribution in [0.25, 0.3) is 0 Å². The SMILES string of the molecule is CCN(CC1CCCO1)C(=O)C(C)CNC. The highest BCUT2D eigenvalue weighted by atomic mass is 16.5. The molecule has 1 heterocycles. The molecule has 1 amide bonds. The van der Waals surface area contributed by atoms with Crippen LogP contribution < -0.4 is 5.32 Å². The van der Waals surface area contributed by atoms with Gasteiger partial charge in [-0.25, -0.2) is 0 Å². The van der Waals surface area contributed by atoms with E-state index in [0.717, 1.165) is 39.1 Å². The van der Waals surface area contributed by atoms with Crippen LogP contribution in [-0.4, -0.2) is 50.2 Å². The molecule has 0 aliphatic carbocycles. The number of hydrogen-bond donors (Lipinski definition) is 1. The Morgan fingerprint density at radius 1 is 1.62 bits per heavy atom. The number of carbonyl (C=O) groups is 1. The summed E-state index contributed by atoms with van der Waals surface area (Å²) >= 11 is 0. The van der Waals surface area contributed by atoms with Crippen molar-refractivity contribution in [3.8, 4) is 0 Å². The predicted molar refractivity (Wildman–Crippen MR) is 64.3 cm³/mol. The van der Waals surface area contributed by atoms with Gasteiger partial charge in [-0.15, -0.1) is 0 Å². The van der Waals surface area contributed by atoms with Crippen LogP contribution in [0.1, 0.15) is 26.7 Å². The molecule has 0 radical (unpaired) electrons. The second-order valence-corrected chi connectivity index (χ2v) is 4.47. The molecule has 94 valence electrons. The first kappa shape index (κ1) is 13.5. The molecule has 0 saturated carbocycles. The molecular formula is C12H24N2O2. The minimum absolute atomic E-state index is 0.0475. The van der Waals surface area contributed by atoms with Crippen LogP contribution in [-0.2, 0) is 9.53 Å². The van der Waals surface area contributed by atoms with Gasteiger partial charge >= 0.3 is 0 Å². The van der Waals surface area contributed by atoms with E-state index in [1.54, 1.807) is 0 Å². The molecule has 1 aliphatic rings. The molecule has 2 unspecified atom stereocenters. The topological polar surface area (TPSA) is 41.6 Å². The van der Waals surface area contributed by atoms with E-state index in [9.17, 15) is 4.79 Å². The third-order valence-corrected chi connectivity index (χ3v) is 3.07. The zero-order valence-electron chi connectivity index (χ0n) is 10.7. The molecule has 16 heavy (non-hydrogen) atoms. The lowest BCUT2D eigenvalue weighted by Crippen LogP contribution is -2.42. The Balaban J connectivity index is 2.42. The van der Waals surface area contributed by atoms with Crippen LogP contribution in [0.4, 0.5) is 0 Å². The van der Waals surface area contributed by atoms with E-state index in [4.69, 9.17) is 4.74 Å². The fraction of sp³-hybridized carbons (Fsp3) is 0.917. The molecule has 0 aromatic heterocycles. The Morgan fingerprint density at radius 2 is 2.38 bits per heavy atom. The minimum atomic E-state index is 0.0475. The molecule has 1 saturated heterocycles. The lowest BCUT2D eigenvalue weighted by atomic mass is 10.1. The molecule has 1 fully saturated rings. The maximum Gasteiger partial charge on any atom is 0.226 e. The van der Waals surface area contributed by atoms with Gasteiger partial charge in [0.2, 0.25) is 5.91 Å². The Labute approximate surface area is 98.3 Å². The summed E-state index contributed by atoms with van der Waals surface area (Å²) in [6.45, 7) is 7.11. The maximum absolute atomic E-state index is 12.1. The number of amides is 1. The fourth-order valence-corrected chi connectivity index (χ4v) is 2.11. The lowest BCUT2D eigenvalue weighted by Gasteiger charge is -2.26. The van der Waals surface area contributed by atoms with Crippen molar-refractivity contribution in [1.29, 1.82) is 0 Å². The Bertz CT molecular complexity index is 215. The summed E-state index contributed by atoms with van der Waals surface area (Å²) in [6, 6.07) is 0. The van der Waals surface area contributed by atoms with Gasteiger partial charge < -0.3 is 15.0 Å². The molecule has 1 aliphatic heterocycles. The number of likely N-dealkylation sites (N-methyl/N-ethyl adjacent to an activating group) is 1. The first-order chi connectivity index (χ1) is 7.69. The number of rotatable bonds is 6. The number of ether oxygens (including phenoxy) is 1. The summed E-state index contributed by atoms with van der Waals surface area (Å²) in [4.78, 5) is 14.0. The molecule has 0 bridgehead atoms. The largest absolute Gasteiger partial charge is 0.376 e. The van der Waals surface area contributed by atoms with Crippen LogP contribution in [0.5, 0.6) is 0 Å². The monoisotopic (exact) mass is 228 g/mol. The van der Waals surface area contributed by atoms with Gasteiger partial charge in [-0.2, -0.15) is 0 Å². The van der Waals surface area contributed by atoms with Gasteiger partial charge in [0.1, 0.15) is 0 Å². The number of hydrogen-bond acceptors (Lipinski definition) is 3. The third kappa shape index (κ3) is 3.76. The predicted octanol–water partition coefficient (Wildman–Crippen LogP) is 0.869. The quantitative estimate of drug-likeness (QED) is 0.733. The first-order valence-electron chi connectivity index (χ1n) is 6.24. The van der Waals surface area contributed by atoms with Crippen molar-refractivity contribution in [3.63, 3.8) is 0 Å². The van der Waals surface area contributed by atoms with E-state index in [1.165, 1.54) is 0 Å². The second-order valence-electron chi connectivity index (χ2n) is 4.47. The minimum Gasteiger partial charge on any atom is -0.376 e. The lowest BCUT2D eigenvalue weighted by molar-refractivity contribution is -0.136. The van der Waals surface area contributed by atoms with Crippen molar-refractivity contribution in [2.75, 3.05) is 33.3 Å². The highest BCUT2D eigenvalue weighted by molar-refractivity contribution is 5.78. The van der Waals surface area contributed by atoms with Crippen molar-refractivity contribution in [2.45, 2.75) is 32.8 Å². The summed E-state index contributed by atoms with van der Waals surface area (Å²) in [5, 5.41) is 3.04. The van der Waals surface area contributed by atoms with Crippen molar-refractivity contribution >= 4 is 5.91 Å². The molecule has 4 heteroatoms. The summed E-state index contributed by atoms with van der Waals surface area (Å²) < 4.78 is 5.57. The van der Waals surface area contributed by atoms with Crippen molar-refractivity contribution in [2.24, 2.45) is 5.92 Å². The van der Waals surface area contributed by atoms with E-state index in [1.807, 2.05) is 25.8 Å². The zero-order chi connectivity index (χ0) is 12.0. The molecule has 0 aromatic rings. The molecule has 0 aromatic carbocycles. The number of nitrogens with one attached hydrogen (secondary N) is 1. The summed E-state index contributed by atoms with van der Waals surface area (Å²) in [7, 11) is 1.88. The molecule has 1 N–H and O–H groups in total. The maximum atomic E-state index is 12.1. The normalized spacial score (nSPS) is 22.1. The van der Waals surface area contributed by atoms with Crippen LogP contribution in [0.2, 0.25) is 0 Å². The Kier molecular flexibility index (Phi) is 5.77. The second kappa shape index (κ2) is 6.86. The molecule has 4 nitrogen and oxygen atoms in total. The van der Waals surface area contributed by atoms with Crippen LogP contribution in [0, 0.1) is 5.92 Å². The highest BCUT2D eigenvalue weighted by Gasteiger charge is 2.24. The van der Waals surface area contributed by atoms with Crippen LogP contribution >= 0.6 is 0 Å². The smallest absolute Gasteiger partial charge is 0.226 e. The Morgan fingerprint density at radius 3 is 2.88 bits per heavy atom. The van der Waals surface area contributed by atoms with Crippen molar-refractivity contribution < 1.29 is 9.53 Å². The molecule has 0 spiro atoms. The fourth-order valence-electron chi connectivity index (χ4n) is 2.11. The van der Waals surface area contributed by atoms with Crippen LogP contribution in [0.15, 0.2) is 0 Å². The van der Waals surface area contributed by atoms with Crippen molar-refractivity contribution in [1.82, 2.24) is 10.2 Å². The Hall–Kier alpha value is -0.610. The highest BCUT2D eigenvalue weighted by Crippen LogP contribution is 2.14. The molecule has 1 rings (SSSR count).